The summed E-state index contributed by atoms with van der Waals surface area (Å²) in [6.45, 7) is 1.48. The van der Waals surface area contributed by atoms with Crippen molar-refractivity contribution in [2.24, 2.45) is 0 Å². The standard InChI is InChI=1S/C13H17ClF2O3/c1-17-3-2-4-18-5-6-19-13-11(15)7-10(9-14)8-12(13)16/h7-8H,2-6,9H2,1H3. The van der Waals surface area contributed by atoms with Crippen LogP contribution in [0, 0.1) is 11.6 Å². The van der Waals surface area contributed by atoms with Crippen LogP contribution in [0.3, 0.4) is 0 Å². The highest BCUT2D eigenvalue weighted by atomic mass is 35.5. The summed E-state index contributed by atoms with van der Waals surface area (Å²) < 4.78 is 42.1. The van der Waals surface area contributed by atoms with Crippen LogP contribution in [0.5, 0.6) is 5.75 Å². The first-order valence-electron chi connectivity index (χ1n) is 5.92. The molecular formula is C13H17ClF2O3. The van der Waals surface area contributed by atoms with Crippen molar-refractivity contribution in [3.8, 4) is 5.75 Å². The zero-order valence-corrected chi connectivity index (χ0v) is 11.5. The van der Waals surface area contributed by atoms with Crippen molar-refractivity contribution in [2.45, 2.75) is 12.3 Å². The first kappa shape index (κ1) is 16.1. The molecule has 0 aliphatic carbocycles. The average Bonchev–Trinajstić information content (AvgIpc) is 2.40. The predicted molar refractivity (Wildman–Crippen MR) is 68.7 cm³/mol. The average molecular weight is 295 g/mol. The molecular weight excluding hydrogens is 278 g/mol. The number of halogens is 3. The molecule has 0 fully saturated rings. The molecule has 0 amide bonds. The van der Waals surface area contributed by atoms with E-state index in [9.17, 15) is 8.78 Å². The molecule has 108 valence electrons. The lowest BCUT2D eigenvalue weighted by Gasteiger charge is -2.10. The third-order valence-electron chi connectivity index (χ3n) is 2.32. The van der Waals surface area contributed by atoms with Gasteiger partial charge < -0.3 is 14.2 Å². The summed E-state index contributed by atoms with van der Waals surface area (Å²) in [5.41, 5.74) is 0.375. The van der Waals surface area contributed by atoms with Gasteiger partial charge in [-0.3, -0.25) is 0 Å². The molecule has 0 aromatic heterocycles. The van der Waals surface area contributed by atoms with Gasteiger partial charge in [0, 0.05) is 26.2 Å². The van der Waals surface area contributed by atoms with Gasteiger partial charge in [0.05, 0.1) is 6.61 Å². The summed E-state index contributed by atoms with van der Waals surface area (Å²) in [6.07, 6.45) is 0.768. The molecule has 0 saturated heterocycles. The molecule has 1 rings (SSSR count). The van der Waals surface area contributed by atoms with Crippen LogP contribution in [0.1, 0.15) is 12.0 Å². The predicted octanol–water partition coefficient (Wildman–Crippen LogP) is 3.14. The number of alkyl halides is 1. The third kappa shape index (κ3) is 5.72. The van der Waals surface area contributed by atoms with Gasteiger partial charge in [-0.15, -0.1) is 11.6 Å². The minimum absolute atomic E-state index is 0.0523. The van der Waals surface area contributed by atoms with Gasteiger partial charge in [-0.1, -0.05) is 0 Å². The molecule has 0 N–H and O–H groups in total. The van der Waals surface area contributed by atoms with Gasteiger partial charge in [0.2, 0.25) is 0 Å². The van der Waals surface area contributed by atoms with Crippen LogP contribution in [-0.4, -0.2) is 33.5 Å². The molecule has 1 aromatic rings. The van der Waals surface area contributed by atoms with Crippen LogP contribution in [0.2, 0.25) is 0 Å². The Hall–Kier alpha value is -0.910. The first-order chi connectivity index (χ1) is 9.19. The van der Waals surface area contributed by atoms with Crippen molar-refractivity contribution in [2.75, 3.05) is 33.5 Å². The van der Waals surface area contributed by atoms with Crippen LogP contribution >= 0.6 is 11.6 Å². The fourth-order valence-electron chi connectivity index (χ4n) is 1.44. The van der Waals surface area contributed by atoms with Crippen LogP contribution in [0.25, 0.3) is 0 Å². The first-order valence-corrected chi connectivity index (χ1v) is 6.46. The summed E-state index contributed by atoms with van der Waals surface area (Å²) >= 11 is 5.51. The molecule has 0 spiro atoms. The third-order valence-corrected chi connectivity index (χ3v) is 2.63. The van der Waals surface area contributed by atoms with Crippen molar-refractivity contribution < 1.29 is 23.0 Å². The monoisotopic (exact) mass is 294 g/mol. The quantitative estimate of drug-likeness (QED) is 0.517. The molecule has 0 aliphatic heterocycles. The van der Waals surface area contributed by atoms with E-state index in [0.29, 0.717) is 18.8 Å². The molecule has 0 atom stereocenters. The second-order valence-electron chi connectivity index (χ2n) is 3.83. The zero-order chi connectivity index (χ0) is 14.1. The van der Waals surface area contributed by atoms with Gasteiger partial charge in [-0.05, 0) is 24.1 Å². The van der Waals surface area contributed by atoms with Gasteiger partial charge in [0.1, 0.15) is 6.61 Å². The lowest BCUT2D eigenvalue weighted by atomic mass is 10.2. The molecule has 0 bridgehead atoms. The smallest absolute Gasteiger partial charge is 0.190 e. The molecule has 0 aliphatic rings. The van der Waals surface area contributed by atoms with E-state index < -0.39 is 17.4 Å². The van der Waals surface area contributed by atoms with Crippen molar-refractivity contribution >= 4 is 11.6 Å². The lowest BCUT2D eigenvalue weighted by Crippen LogP contribution is -2.10. The maximum atomic E-state index is 13.5. The number of ether oxygens (including phenoxy) is 3. The number of hydrogen-bond acceptors (Lipinski definition) is 3. The lowest BCUT2D eigenvalue weighted by molar-refractivity contribution is 0.0786. The normalized spacial score (nSPS) is 10.7. The Morgan fingerprint density at radius 1 is 1.05 bits per heavy atom. The van der Waals surface area contributed by atoms with Crippen LogP contribution in [-0.2, 0) is 15.4 Å². The van der Waals surface area contributed by atoms with E-state index in [1.54, 1.807) is 7.11 Å². The van der Waals surface area contributed by atoms with Gasteiger partial charge in [-0.25, -0.2) is 8.78 Å². The van der Waals surface area contributed by atoms with E-state index in [4.69, 9.17) is 25.8 Å². The minimum atomic E-state index is -0.755. The fourth-order valence-corrected chi connectivity index (χ4v) is 1.59. The molecule has 6 heteroatoms. The van der Waals surface area contributed by atoms with Crippen LogP contribution in [0.15, 0.2) is 12.1 Å². The van der Waals surface area contributed by atoms with E-state index in [1.165, 1.54) is 0 Å². The molecule has 0 radical (unpaired) electrons. The van der Waals surface area contributed by atoms with E-state index in [2.05, 4.69) is 0 Å². The maximum absolute atomic E-state index is 13.5. The highest BCUT2D eigenvalue weighted by molar-refractivity contribution is 6.17. The summed E-state index contributed by atoms with van der Waals surface area (Å²) in [6, 6.07) is 2.32. The van der Waals surface area contributed by atoms with E-state index in [-0.39, 0.29) is 19.1 Å². The maximum Gasteiger partial charge on any atom is 0.190 e. The Morgan fingerprint density at radius 2 is 1.74 bits per heavy atom. The molecule has 19 heavy (non-hydrogen) atoms. The Morgan fingerprint density at radius 3 is 2.32 bits per heavy atom. The van der Waals surface area contributed by atoms with Crippen molar-refractivity contribution in [3.63, 3.8) is 0 Å². The van der Waals surface area contributed by atoms with Crippen molar-refractivity contribution in [3.05, 3.63) is 29.3 Å². The number of benzene rings is 1. The summed E-state index contributed by atoms with van der Waals surface area (Å²) in [5, 5.41) is 0. The van der Waals surface area contributed by atoms with Crippen molar-refractivity contribution in [1.82, 2.24) is 0 Å². The highest BCUT2D eigenvalue weighted by Crippen LogP contribution is 2.23. The van der Waals surface area contributed by atoms with Gasteiger partial charge in [0.15, 0.2) is 17.4 Å². The summed E-state index contributed by atoms with van der Waals surface area (Å²) in [7, 11) is 1.61. The largest absolute Gasteiger partial charge is 0.485 e. The highest BCUT2D eigenvalue weighted by Gasteiger charge is 2.12. The van der Waals surface area contributed by atoms with E-state index in [1.807, 2.05) is 0 Å². The Kier molecular flexibility index (Phi) is 7.70. The second kappa shape index (κ2) is 9.07. The summed E-state index contributed by atoms with van der Waals surface area (Å²) in [5.74, 6) is -1.85. The zero-order valence-electron chi connectivity index (χ0n) is 10.8. The van der Waals surface area contributed by atoms with Gasteiger partial charge >= 0.3 is 0 Å². The topological polar surface area (TPSA) is 27.7 Å². The fraction of sp³-hybridized carbons (Fsp3) is 0.538. The molecule has 1 aromatic carbocycles. The molecule has 3 nitrogen and oxygen atoms in total. The second-order valence-corrected chi connectivity index (χ2v) is 4.10. The van der Waals surface area contributed by atoms with Gasteiger partial charge in [-0.2, -0.15) is 0 Å². The minimum Gasteiger partial charge on any atom is -0.485 e. The van der Waals surface area contributed by atoms with Gasteiger partial charge in [0.25, 0.3) is 0 Å². The SMILES string of the molecule is COCCCOCCOc1c(F)cc(CCl)cc1F. The summed E-state index contributed by atoms with van der Waals surface area (Å²) in [4.78, 5) is 0. The Labute approximate surface area is 116 Å². The number of hydrogen-bond donors (Lipinski definition) is 0. The molecule has 0 heterocycles. The Balaban J connectivity index is 2.33. The molecule has 0 saturated carbocycles. The molecule has 0 unspecified atom stereocenters. The van der Waals surface area contributed by atoms with Crippen LogP contribution < -0.4 is 4.74 Å². The van der Waals surface area contributed by atoms with E-state index in [0.717, 1.165) is 18.6 Å². The Bertz CT molecular complexity index is 365. The number of methoxy groups -OCH3 is 1. The van der Waals surface area contributed by atoms with Crippen molar-refractivity contribution in [1.29, 1.82) is 0 Å². The van der Waals surface area contributed by atoms with E-state index >= 15 is 0 Å². The van der Waals surface area contributed by atoms with Crippen LogP contribution in [0.4, 0.5) is 8.78 Å². The number of rotatable bonds is 9.